The topological polar surface area (TPSA) is 64.7 Å². The first-order valence-corrected chi connectivity index (χ1v) is 9.81. The van der Waals surface area contributed by atoms with Gasteiger partial charge in [-0.3, -0.25) is 14.2 Å². The Morgan fingerprint density at radius 2 is 1.82 bits per heavy atom. The zero-order valence-corrected chi connectivity index (χ0v) is 17.7. The normalized spacial score (nSPS) is 12.2. The van der Waals surface area contributed by atoms with Crippen molar-refractivity contribution >= 4 is 17.5 Å². The third-order valence-corrected chi connectivity index (χ3v) is 5.51. The molecule has 7 heteroatoms. The van der Waals surface area contributed by atoms with Gasteiger partial charge in [0.15, 0.2) is 0 Å². The van der Waals surface area contributed by atoms with Gasteiger partial charge in [-0.2, -0.15) is 10.2 Å². The van der Waals surface area contributed by atoms with Gasteiger partial charge < -0.3 is 5.32 Å². The van der Waals surface area contributed by atoms with Crippen molar-refractivity contribution in [1.82, 2.24) is 24.9 Å². The number of aryl methyl sites for hydroxylation is 3. The number of carbonyl (C=O) groups is 1. The van der Waals surface area contributed by atoms with E-state index >= 15 is 0 Å². The average Bonchev–Trinajstić information content (AvgIpc) is 3.17. The van der Waals surface area contributed by atoms with Gasteiger partial charge in [0.05, 0.1) is 34.7 Å². The molecule has 2 aromatic heterocycles. The van der Waals surface area contributed by atoms with Crippen molar-refractivity contribution in [3.63, 3.8) is 0 Å². The summed E-state index contributed by atoms with van der Waals surface area (Å²) in [6.07, 6.45) is 1.99. The van der Waals surface area contributed by atoms with Crippen LogP contribution >= 0.6 is 11.6 Å². The van der Waals surface area contributed by atoms with Gasteiger partial charge in [-0.25, -0.2) is 0 Å². The predicted molar refractivity (Wildman–Crippen MR) is 111 cm³/mol. The summed E-state index contributed by atoms with van der Waals surface area (Å²) in [6.45, 7) is 11.3. The number of halogens is 1. The molecule has 0 aliphatic rings. The van der Waals surface area contributed by atoms with Gasteiger partial charge >= 0.3 is 0 Å². The molecule has 3 rings (SSSR count). The molecule has 1 amide bonds. The third kappa shape index (κ3) is 4.12. The van der Waals surface area contributed by atoms with E-state index in [1.165, 1.54) is 0 Å². The van der Waals surface area contributed by atoms with E-state index in [-0.39, 0.29) is 11.9 Å². The predicted octanol–water partition coefficient (Wildman–Crippen LogP) is 4.22. The molecule has 28 heavy (non-hydrogen) atoms. The van der Waals surface area contributed by atoms with Gasteiger partial charge in [-0.1, -0.05) is 23.7 Å². The van der Waals surface area contributed by atoms with Crippen LogP contribution in [0.2, 0.25) is 5.02 Å². The van der Waals surface area contributed by atoms with Crippen LogP contribution in [0, 0.1) is 20.8 Å². The Kier molecular flexibility index (Phi) is 5.89. The van der Waals surface area contributed by atoms with Crippen molar-refractivity contribution in [3.8, 4) is 0 Å². The molecule has 0 bridgehead atoms. The lowest BCUT2D eigenvalue weighted by Crippen LogP contribution is -2.26. The molecule has 0 saturated carbocycles. The van der Waals surface area contributed by atoms with E-state index in [1.807, 2.05) is 74.4 Å². The minimum atomic E-state index is -0.107. The number of nitrogens with zero attached hydrogens (tertiary/aromatic N) is 4. The number of carbonyl (C=O) groups excluding carboxylic acids is 1. The minimum Gasteiger partial charge on any atom is -0.345 e. The maximum absolute atomic E-state index is 12.6. The fourth-order valence-electron chi connectivity index (χ4n) is 3.24. The molecule has 2 heterocycles. The standard InChI is InChI=1S/C21H26ClN5O/c1-6-26-12-19(14(3)24-26)13(2)23-21(28)18-9-7-17(8-10-18)11-27-16(5)20(22)15(4)25-27/h7-10,12-13H,6,11H2,1-5H3,(H,23,28). The zero-order chi connectivity index (χ0) is 20.4. The number of nitrogens with one attached hydrogen (secondary N) is 1. The Balaban J connectivity index is 1.67. The first kappa shape index (κ1) is 20.1. The fourth-order valence-corrected chi connectivity index (χ4v) is 3.38. The number of amides is 1. The molecule has 1 unspecified atom stereocenters. The van der Waals surface area contributed by atoms with Crippen LogP contribution in [0.15, 0.2) is 30.5 Å². The molecular weight excluding hydrogens is 374 g/mol. The van der Waals surface area contributed by atoms with Crippen LogP contribution in [0.3, 0.4) is 0 Å². The summed E-state index contributed by atoms with van der Waals surface area (Å²) in [5, 5.41) is 12.6. The molecule has 0 saturated heterocycles. The van der Waals surface area contributed by atoms with Crippen LogP contribution in [-0.4, -0.2) is 25.5 Å². The van der Waals surface area contributed by atoms with Gasteiger partial charge in [0.25, 0.3) is 5.91 Å². The van der Waals surface area contributed by atoms with E-state index < -0.39 is 0 Å². The second-order valence-electron chi connectivity index (χ2n) is 7.06. The highest BCUT2D eigenvalue weighted by Gasteiger charge is 2.16. The zero-order valence-electron chi connectivity index (χ0n) is 17.0. The summed E-state index contributed by atoms with van der Waals surface area (Å²) in [7, 11) is 0. The minimum absolute atomic E-state index is 0.100. The molecule has 0 fully saturated rings. The second-order valence-corrected chi connectivity index (χ2v) is 7.44. The number of aromatic nitrogens is 4. The molecule has 3 aromatic rings. The molecule has 1 aromatic carbocycles. The van der Waals surface area contributed by atoms with Gasteiger partial charge in [0.1, 0.15) is 0 Å². The molecule has 148 valence electrons. The average molecular weight is 400 g/mol. The number of benzene rings is 1. The molecule has 0 spiro atoms. The van der Waals surface area contributed by atoms with E-state index in [0.717, 1.165) is 34.8 Å². The van der Waals surface area contributed by atoms with E-state index in [1.54, 1.807) is 0 Å². The Labute approximate surface area is 170 Å². The first-order chi connectivity index (χ1) is 13.3. The quantitative estimate of drug-likeness (QED) is 0.675. The lowest BCUT2D eigenvalue weighted by molar-refractivity contribution is 0.0940. The van der Waals surface area contributed by atoms with Crippen LogP contribution < -0.4 is 5.32 Å². The lowest BCUT2D eigenvalue weighted by Gasteiger charge is -2.13. The van der Waals surface area contributed by atoms with Crippen LogP contribution in [0.5, 0.6) is 0 Å². The van der Waals surface area contributed by atoms with Crippen molar-refractivity contribution < 1.29 is 4.79 Å². The Bertz CT molecular complexity index is 987. The largest absolute Gasteiger partial charge is 0.345 e. The second kappa shape index (κ2) is 8.19. The monoisotopic (exact) mass is 399 g/mol. The summed E-state index contributed by atoms with van der Waals surface area (Å²) in [6, 6.07) is 7.47. The molecule has 0 aliphatic carbocycles. The smallest absolute Gasteiger partial charge is 0.251 e. The van der Waals surface area contributed by atoms with Crippen LogP contribution in [-0.2, 0) is 13.1 Å². The third-order valence-electron chi connectivity index (χ3n) is 4.96. The van der Waals surface area contributed by atoms with Crippen molar-refractivity contribution in [2.75, 3.05) is 0 Å². The maximum Gasteiger partial charge on any atom is 0.251 e. The summed E-state index contributed by atoms with van der Waals surface area (Å²) in [5.41, 5.74) is 5.43. The van der Waals surface area contributed by atoms with E-state index in [0.29, 0.717) is 17.1 Å². The summed E-state index contributed by atoms with van der Waals surface area (Å²) < 4.78 is 3.76. The first-order valence-electron chi connectivity index (χ1n) is 9.43. The van der Waals surface area contributed by atoms with E-state index in [9.17, 15) is 4.79 Å². The van der Waals surface area contributed by atoms with E-state index in [2.05, 4.69) is 15.5 Å². The summed E-state index contributed by atoms with van der Waals surface area (Å²) in [4.78, 5) is 12.6. The molecule has 1 atom stereocenters. The van der Waals surface area contributed by atoms with E-state index in [4.69, 9.17) is 11.6 Å². The van der Waals surface area contributed by atoms with Crippen LogP contribution in [0.25, 0.3) is 0 Å². The van der Waals surface area contributed by atoms with Crippen LogP contribution in [0.1, 0.15) is 58.5 Å². The van der Waals surface area contributed by atoms with Gasteiger partial charge in [0.2, 0.25) is 0 Å². The van der Waals surface area contributed by atoms with Crippen molar-refractivity contribution in [1.29, 1.82) is 0 Å². The Morgan fingerprint density at radius 1 is 1.14 bits per heavy atom. The molecular formula is C21H26ClN5O. The Morgan fingerprint density at radius 3 is 2.36 bits per heavy atom. The van der Waals surface area contributed by atoms with Crippen molar-refractivity contribution in [3.05, 3.63) is 69.3 Å². The number of hydrogen-bond donors (Lipinski definition) is 1. The Hall–Kier alpha value is -2.60. The SMILES string of the molecule is CCn1cc(C(C)NC(=O)c2ccc(Cn3nc(C)c(Cl)c3C)cc2)c(C)n1. The molecule has 1 N–H and O–H groups in total. The lowest BCUT2D eigenvalue weighted by atomic mass is 10.1. The fraction of sp³-hybridized carbons (Fsp3) is 0.381. The molecule has 0 radical (unpaired) electrons. The van der Waals surface area contributed by atoms with Crippen LogP contribution in [0.4, 0.5) is 0 Å². The van der Waals surface area contributed by atoms with Gasteiger partial charge in [-0.05, 0) is 52.3 Å². The highest BCUT2D eigenvalue weighted by atomic mass is 35.5. The van der Waals surface area contributed by atoms with Gasteiger partial charge in [-0.15, -0.1) is 0 Å². The van der Waals surface area contributed by atoms with Gasteiger partial charge in [0, 0.05) is 23.9 Å². The van der Waals surface area contributed by atoms with Crippen molar-refractivity contribution in [2.45, 2.75) is 53.8 Å². The molecule has 6 nitrogen and oxygen atoms in total. The summed E-state index contributed by atoms with van der Waals surface area (Å²) >= 11 is 6.21. The highest BCUT2D eigenvalue weighted by molar-refractivity contribution is 6.31. The van der Waals surface area contributed by atoms with Crippen molar-refractivity contribution in [2.24, 2.45) is 0 Å². The summed E-state index contributed by atoms with van der Waals surface area (Å²) in [5.74, 6) is -0.100. The number of rotatable bonds is 6. The maximum atomic E-state index is 12.6. The number of hydrogen-bond acceptors (Lipinski definition) is 3. The molecule has 0 aliphatic heterocycles. The highest BCUT2D eigenvalue weighted by Crippen LogP contribution is 2.20.